The largest absolute Gasteiger partial charge is 0.443 e. The quantitative estimate of drug-likeness (QED) is 0.729. The second-order valence-electron chi connectivity index (χ2n) is 3.80. The van der Waals surface area contributed by atoms with E-state index in [9.17, 15) is 0 Å². The van der Waals surface area contributed by atoms with Crippen molar-refractivity contribution in [2.75, 3.05) is 0 Å². The average molecular weight is 225 g/mol. The van der Waals surface area contributed by atoms with Crippen molar-refractivity contribution in [2.45, 2.75) is 6.92 Å². The number of hydrogen-bond donors (Lipinski definition) is 1. The summed E-state index contributed by atoms with van der Waals surface area (Å²) in [5.74, 6) is 0.732. The van der Waals surface area contributed by atoms with Crippen molar-refractivity contribution in [3.05, 3.63) is 48.6 Å². The van der Waals surface area contributed by atoms with Gasteiger partial charge in [-0.15, -0.1) is 0 Å². The highest BCUT2D eigenvalue weighted by Crippen LogP contribution is 2.32. The molecule has 1 aromatic carbocycles. The van der Waals surface area contributed by atoms with Crippen LogP contribution in [0.25, 0.3) is 22.6 Å². The summed E-state index contributed by atoms with van der Waals surface area (Å²) in [6, 6.07) is 10.0. The fourth-order valence-electron chi connectivity index (χ4n) is 1.87. The van der Waals surface area contributed by atoms with Gasteiger partial charge in [0, 0.05) is 11.3 Å². The van der Waals surface area contributed by atoms with Gasteiger partial charge in [-0.1, -0.05) is 30.3 Å². The molecule has 2 heterocycles. The number of rotatable bonds is 2. The van der Waals surface area contributed by atoms with Gasteiger partial charge >= 0.3 is 0 Å². The molecule has 4 heteroatoms. The number of benzene rings is 1. The highest BCUT2D eigenvalue weighted by Gasteiger charge is 2.16. The molecule has 2 aromatic heterocycles. The maximum atomic E-state index is 5.35. The molecule has 84 valence electrons. The molecule has 0 saturated carbocycles. The van der Waals surface area contributed by atoms with Crippen LogP contribution in [0.2, 0.25) is 0 Å². The maximum absolute atomic E-state index is 5.35. The molecule has 0 atom stereocenters. The lowest BCUT2D eigenvalue weighted by molar-refractivity contribution is 0.572. The van der Waals surface area contributed by atoms with Gasteiger partial charge in [-0.3, -0.25) is 5.10 Å². The standard InChI is InChI=1S/C13H11N3O/c1-9-12(11-7-14-8-17-11)13(16-15-9)10-5-3-2-4-6-10/h2-8H,1H3,(H,15,16). The first kappa shape index (κ1) is 9.84. The molecular formula is C13H11N3O. The second-order valence-corrected chi connectivity index (χ2v) is 3.80. The Hall–Kier alpha value is -2.36. The lowest BCUT2D eigenvalue weighted by Gasteiger charge is -2.00. The van der Waals surface area contributed by atoms with Gasteiger partial charge in [-0.2, -0.15) is 5.10 Å². The van der Waals surface area contributed by atoms with Crippen molar-refractivity contribution in [3.63, 3.8) is 0 Å². The van der Waals surface area contributed by atoms with E-state index in [1.165, 1.54) is 6.39 Å². The van der Waals surface area contributed by atoms with Crippen LogP contribution in [0.5, 0.6) is 0 Å². The van der Waals surface area contributed by atoms with Crippen molar-refractivity contribution in [1.82, 2.24) is 15.2 Å². The van der Waals surface area contributed by atoms with E-state index in [1.807, 2.05) is 37.3 Å². The van der Waals surface area contributed by atoms with E-state index in [1.54, 1.807) is 6.20 Å². The molecule has 0 fully saturated rings. The molecule has 1 N–H and O–H groups in total. The van der Waals surface area contributed by atoms with Gasteiger partial charge in [0.25, 0.3) is 0 Å². The molecule has 0 radical (unpaired) electrons. The van der Waals surface area contributed by atoms with Crippen molar-refractivity contribution >= 4 is 0 Å². The number of hydrogen-bond acceptors (Lipinski definition) is 3. The Morgan fingerprint density at radius 2 is 2.00 bits per heavy atom. The molecule has 0 aliphatic carbocycles. The Kier molecular flexibility index (Phi) is 2.26. The fourth-order valence-corrected chi connectivity index (χ4v) is 1.87. The van der Waals surface area contributed by atoms with Gasteiger partial charge in [0.2, 0.25) is 0 Å². The van der Waals surface area contributed by atoms with Gasteiger partial charge in [-0.05, 0) is 6.92 Å². The third kappa shape index (κ3) is 1.63. The average Bonchev–Trinajstić information content (AvgIpc) is 2.99. The summed E-state index contributed by atoms with van der Waals surface area (Å²) in [6.45, 7) is 1.97. The van der Waals surface area contributed by atoms with Crippen LogP contribution in [0.15, 0.2) is 47.3 Å². The van der Waals surface area contributed by atoms with Gasteiger partial charge in [0.1, 0.15) is 5.69 Å². The normalized spacial score (nSPS) is 10.6. The number of oxazole rings is 1. The molecule has 17 heavy (non-hydrogen) atoms. The first-order valence-electron chi connectivity index (χ1n) is 5.35. The van der Waals surface area contributed by atoms with E-state index in [0.717, 1.165) is 28.3 Å². The fraction of sp³-hybridized carbons (Fsp3) is 0.0769. The zero-order valence-corrected chi connectivity index (χ0v) is 9.34. The first-order valence-corrected chi connectivity index (χ1v) is 5.35. The second kappa shape index (κ2) is 3.90. The summed E-state index contributed by atoms with van der Waals surface area (Å²) in [4.78, 5) is 3.95. The number of nitrogens with one attached hydrogen (secondary N) is 1. The third-order valence-electron chi connectivity index (χ3n) is 2.67. The molecule has 4 nitrogen and oxygen atoms in total. The zero-order valence-electron chi connectivity index (χ0n) is 9.34. The number of H-pyrrole nitrogens is 1. The van der Waals surface area contributed by atoms with Gasteiger partial charge in [-0.25, -0.2) is 4.98 Å². The molecule has 3 rings (SSSR count). The number of aromatic amines is 1. The predicted octanol–water partition coefficient (Wildman–Crippen LogP) is 3.04. The van der Waals surface area contributed by atoms with Gasteiger partial charge in [0.05, 0.1) is 11.8 Å². The van der Waals surface area contributed by atoms with Crippen LogP contribution in [0.4, 0.5) is 0 Å². The molecule has 0 aliphatic heterocycles. The summed E-state index contributed by atoms with van der Waals surface area (Å²) in [6.07, 6.45) is 3.13. The highest BCUT2D eigenvalue weighted by atomic mass is 16.3. The van der Waals surface area contributed by atoms with E-state index in [2.05, 4.69) is 15.2 Å². The Labute approximate surface area is 98.3 Å². The molecule has 0 unspecified atom stereocenters. The summed E-state index contributed by atoms with van der Waals surface area (Å²) >= 11 is 0. The van der Waals surface area contributed by atoms with E-state index in [4.69, 9.17) is 4.42 Å². The van der Waals surface area contributed by atoms with Crippen molar-refractivity contribution in [2.24, 2.45) is 0 Å². The van der Waals surface area contributed by atoms with E-state index in [0.29, 0.717) is 0 Å². The molecule has 0 aliphatic rings. The number of nitrogens with zero attached hydrogens (tertiary/aromatic N) is 2. The third-order valence-corrected chi connectivity index (χ3v) is 2.67. The minimum Gasteiger partial charge on any atom is -0.443 e. The molecule has 0 amide bonds. The van der Waals surface area contributed by atoms with Gasteiger partial charge < -0.3 is 4.42 Å². The minimum absolute atomic E-state index is 0.732. The van der Waals surface area contributed by atoms with E-state index in [-0.39, 0.29) is 0 Å². The van der Waals surface area contributed by atoms with Crippen LogP contribution in [0.1, 0.15) is 5.69 Å². The molecule has 0 spiro atoms. The molecule has 0 saturated heterocycles. The summed E-state index contributed by atoms with van der Waals surface area (Å²) in [5.41, 5.74) is 3.89. The van der Waals surface area contributed by atoms with Crippen LogP contribution in [-0.4, -0.2) is 15.2 Å². The molecular weight excluding hydrogens is 214 g/mol. The van der Waals surface area contributed by atoms with Crippen LogP contribution >= 0.6 is 0 Å². The highest BCUT2D eigenvalue weighted by molar-refractivity contribution is 5.79. The number of aryl methyl sites for hydroxylation is 1. The van der Waals surface area contributed by atoms with Crippen molar-refractivity contribution in [1.29, 1.82) is 0 Å². The summed E-state index contributed by atoms with van der Waals surface area (Å²) < 4.78 is 5.35. The molecule has 3 aromatic rings. The van der Waals surface area contributed by atoms with Crippen molar-refractivity contribution < 1.29 is 4.42 Å². The summed E-state index contributed by atoms with van der Waals surface area (Å²) in [5, 5.41) is 7.32. The maximum Gasteiger partial charge on any atom is 0.181 e. The Balaban J connectivity index is 2.20. The Bertz CT molecular complexity index is 611. The van der Waals surface area contributed by atoms with Crippen LogP contribution in [0, 0.1) is 6.92 Å². The van der Waals surface area contributed by atoms with Crippen LogP contribution < -0.4 is 0 Å². The smallest absolute Gasteiger partial charge is 0.181 e. The van der Waals surface area contributed by atoms with Crippen molar-refractivity contribution in [3.8, 4) is 22.6 Å². The number of aromatic nitrogens is 3. The lowest BCUT2D eigenvalue weighted by atomic mass is 10.0. The van der Waals surface area contributed by atoms with Crippen LogP contribution in [0.3, 0.4) is 0 Å². The van der Waals surface area contributed by atoms with Crippen LogP contribution in [-0.2, 0) is 0 Å². The Morgan fingerprint density at radius 1 is 1.18 bits per heavy atom. The predicted molar refractivity (Wildman–Crippen MR) is 64.3 cm³/mol. The summed E-state index contributed by atoms with van der Waals surface area (Å²) in [7, 11) is 0. The molecule has 0 bridgehead atoms. The SMILES string of the molecule is Cc1[nH]nc(-c2ccccc2)c1-c1cnco1. The zero-order chi connectivity index (χ0) is 11.7. The lowest BCUT2D eigenvalue weighted by Crippen LogP contribution is -1.81. The van der Waals surface area contributed by atoms with E-state index >= 15 is 0 Å². The minimum atomic E-state index is 0.732. The van der Waals surface area contributed by atoms with E-state index < -0.39 is 0 Å². The first-order chi connectivity index (χ1) is 8.36. The van der Waals surface area contributed by atoms with Gasteiger partial charge in [0.15, 0.2) is 12.2 Å². The monoisotopic (exact) mass is 225 g/mol. The Morgan fingerprint density at radius 3 is 2.71 bits per heavy atom. The topological polar surface area (TPSA) is 54.7 Å².